The molecule has 5 heteroatoms. The highest BCUT2D eigenvalue weighted by atomic mass is 16.7. The summed E-state index contributed by atoms with van der Waals surface area (Å²) in [5.74, 6) is 0.0636. The fourth-order valence-electron chi connectivity index (χ4n) is 2.47. The van der Waals surface area contributed by atoms with Gasteiger partial charge in [0.25, 0.3) is 0 Å². The van der Waals surface area contributed by atoms with Crippen molar-refractivity contribution in [2.24, 2.45) is 5.73 Å². The van der Waals surface area contributed by atoms with Gasteiger partial charge in [-0.3, -0.25) is 4.79 Å². The molecule has 0 radical (unpaired) electrons. The topological polar surface area (TPSA) is 61.6 Å². The molecule has 0 amide bonds. The van der Waals surface area contributed by atoms with E-state index in [1.54, 1.807) is 6.92 Å². The third-order valence-electron chi connectivity index (χ3n) is 4.81. The maximum Gasteiger partial charge on any atom is 0.491 e. The van der Waals surface area contributed by atoms with Gasteiger partial charge in [0.05, 0.1) is 11.2 Å². The van der Waals surface area contributed by atoms with Gasteiger partial charge in [0.15, 0.2) is 5.78 Å². The van der Waals surface area contributed by atoms with Crippen LogP contribution in [-0.4, -0.2) is 30.6 Å². The number of rotatable bonds is 4. The second-order valence-electron chi connectivity index (χ2n) is 7.14. The number of nitrogens with two attached hydrogens (primary N) is 1. The number of aryl methyl sites for hydroxylation is 1. The lowest BCUT2D eigenvalue weighted by Crippen LogP contribution is -2.41. The van der Waals surface area contributed by atoms with Crippen molar-refractivity contribution in [2.75, 3.05) is 6.54 Å². The first-order chi connectivity index (χ1) is 10.6. The predicted molar refractivity (Wildman–Crippen MR) is 94.3 cm³/mol. The number of ketones is 1. The minimum atomic E-state index is -0.447. The molecule has 1 aromatic rings. The van der Waals surface area contributed by atoms with Gasteiger partial charge in [-0.2, -0.15) is 0 Å². The van der Waals surface area contributed by atoms with Crippen molar-refractivity contribution >= 4 is 19.0 Å². The van der Waals surface area contributed by atoms with Gasteiger partial charge in [-0.15, -0.1) is 0 Å². The molecule has 124 valence electrons. The average molecular weight is 315 g/mol. The molecule has 0 aliphatic carbocycles. The van der Waals surface area contributed by atoms with Crippen molar-refractivity contribution in [3.63, 3.8) is 0 Å². The zero-order valence-electron chi connectivity index (χ0n) is 14.9. The van der Waals surface area contributed by atoms with Crippen molar-refractivity contribution < 1.29 is 14.1 Å². The summed E-state index contributed by atoms with van der Waals surface area (Å²) in [6, 6.07) is 5.67. The molecule has 0 aromatic heterocycles. The van der Waals surface area contributed by atoms with Gasteiger partial charge >= 0.3 is 7.12 Å². The highest BCUT2D eigenvalue weighted by molar-refractivity contribution is 6.55. The number of carbonyl (C=O) groups is 1. The quantitative estimate of drug-likeness (QED) is 0.685. The van der Waals surface area contributed by atoms with E-state index in [0.717, 1.165) is 16.6 Å². The Balaban J connectivity index is 2.32. The molecule has 23 heavy (non-hydrogen) atoms. The molecular formula is C18H26BNO3. The van der Waals surface area contributed by atoms with Crippen LogP contribution in [0.3, 0.4) is 0 Å². The second-order valence-corrected chi connectivity index (χ2v) is 7.14. The van der Waals surface area contributed by atoms with Crippen molar-refractivity contribution in [1.82, 2.24) is 0 Å². The Morgan fingerprint density at radius 1 is 1.22 bits per heavy atom. The summed E-state index contributed by atoms with van der Waals surface area (Å²) in [5.41, 5.74) is 8.79. The van der Waals surface area contributed by atoms with Gasteiger partial charge in [0, 0.05) is 12.1 Å². The van der Waals surface area contributed by atoms with Crippen LogP contribution < -0.4 is 5.73 Å². The van der Waals surface area contributed by atoms with E-state index in [1.807, 2.05) is 58.9 Å². The molecule has 1 aliphatic heterocycles. The Kier molecular flexibility index (Phi) is 4.85. The summed E-state index contributed by atoms with van der Waals surface area (Å²) in [6.45, 7) is 12.0. The number of benzene rings is 1. The normalized spacial score (nSPS) is 20.0. The molecule has 0 saturated carbocycles. The highest BCUT2D eigenvalue weighted by Gasteiger charge is 2.52. The van der Waals surface area contributed by atoms with Crippen molar-refractivity contribution in [3.8, 4) is 0 Å². The van der Waals surface area contributed by atoms with Crippen LogP contribution in [0.15, 0.2) is 23.7 Å². The number of Topliss-reactive ketones (excluding diaryl/α,β-unsaturated/α-hetero) is 1. The molecule has 2 N–H and O–H groups in total. The first-order valence-corrected chi connectivity index (χ1v) is 7.95. The van der Waals surface area contributed by atoms with E-state index < -0.39 is 7.12 Å². The molecule has 1 saturated heterocycles. The number of hydrogen-bond acceptors (Lipinski definition) is 4. The van der Waals surface area contributed by atoms with Crippen LogP contribution in [0, 0.1) is 6.92 Å². The zero-order chi connectivity index (χ0) is 17.4. The zero-order valence-corrected chi connectivity index (χ0v) is 14.9. The van der Waals surface area contributed by atoms with Crippen LogP contribution in [0.5, 0.6) is 0 Å². The van der Waals surface area contributed by atoms with E-state index in [-0.39, 0.29) is 17.0 Å². The van der Waals surface area contributed by atoms with Gasteiger partial charge < -0.3 is 15.0 Å². The Bertz CT molecular complexity index is 634. The second kappa shape index (κ2) is 6.23. The third kappa shape index (κ3) is 3.57. The van der Waals surface area contributed by atoms with Crippen LogP contribution in [-0.2, 0) is 9.31 Å². The van der Waals surface area contributed by atoms with Crippen LogP contribution in [0.2, 0.25) is 0 Å². The summed E-state index contributed by atoms with van der Waals surface area (Å²) in [5, 5.41) is 0. The summed E-state index contributed by atoms with van der Waals surface area (Å²) in [4.78, 5) is 11.5. The lowest BCUT2D eigenvalue weighted by molar-refractivity contribution is 0.00578. The number of carbonyl (C=O) groups excluding carboxylic acids is 1. The summed E-state index contributed by atoms with van der Waals surface area (Å²) in [7, 11) is -0.447. The molecule has 1 fully saturated rings. The van der Waals surface area contributed by atoms with E-state index in [2.05, 4.69) is 0 Å². The first kappa shape index (κ1) is 17.9. The molecule has 0 bridgehead atoms. The van der Waals surface area contributed by atoms with E-state index in [1.165, 1.54) is 0 Å². The lowest BCUT2D eigenvalue weighted by atomic mass is 9.77. The monoisotopic (exact) mass is 315 g/mol. The fourth-order valence-corrected chi connectivity index (χ4v) is 2.47. The van der Waals surface area contributed by atoms with Crippen LogP contribution in [0.25, 0.3) is 6.08 Å². The van der Waals surface area contributed by atoms with Crippen LogP contribution in [0.1, 0.15) is 56.1 Å². The summed E-state index contributed by atoms with van der Waals surface area (Å²) >= 11 is 0. The van der Waals surface area contributed by atoms with E-state index in [9.17, 15) is 4.79 Å². The predicted octanol–water partition coefficient (Wildman–Crippen LogP) is 3.17. The van der Waals surface area contributed by atoms with Crippen molar-refractivity contribution in [3.05, 3.63) is 40.4 Å². The first-order valence-electron chi connectivity index (χ1n) is 7.95. The smallest absolute Gasteiger partial charge is 0.400 e. The maximum absolute atomic E-state index is 11.5. The van der Waals surface area contributed by atoms with Gasteiger partial charge in [-0.05, 0) is 64.2 Å². The van der Waals surface area contributed by atoms with E-state index >= 15 is 0 Å². The van der Waals surface area contributed by atoms with Crippen molar-refractivity contribution in [1.29, 1.82) is 0 Å². The van der Waals surface area contributed by atoms with Crippen LogP contribution in [0.4, 0.5) is 0 Å². The molecule has 1 aliphatic rings. The molecule has 0 unspecified atom stereocenters. The van der Waals surface area contributed by atoms with Gasteiger partial charge in [0.2, 0.25) is 0 Å². The molecule has 1 heterocycles. The molecular weight excluding hydrogens is 289 g/mol. The Morgan fingerprint density at radius 3 is 2.22 bits per heavy atom. The lowest BCUT2D eigenvalue weighted by Gasteiger charge is -2.32. The van der Waals surface area contributed by atoms with E-state index in [0.29, 0.717) is 12.1 Å². The van der Waals surface area contributed by atoms with E-state index in [4.69, 9.17) is 15.0 Å². The fraction of sp³-hybridized carbons (Fsp3) is 0.500. The summed E-state index contributed by atoms with van der Waals surface area (Å²) in [6.07, 6.45) is 2.00. The largest absolute Gasteiger partial charge is 0.491 e. The van der Waals surface area contributed by atoms with Gasteiger partial charge in [0.1, 0.15) is 0 Å². The van der Waals surface area contributed by atoms with Gasteiger partial charge in [-0.25, -0.2) is 0 Å². The molecule has 1 aromatic carbocycles. The Morgan fingerprint density at radius 2 is 1.78 bits per heavy atom. The molecule has 0 atom stereocenters. The molecule has 4 nitrogen and oxygen atoms in total. The van der Waals surface area contributed by atoms with Crippen molar-refractivity contribution in [2.45, 2.75) is 52.7 Å². The molecule has 2 rings (SSSR count). The minimum Gasteiger partial charge on any atom is -0.400 e. The number of hydrogen-bond donors (Lipinski definition) is 1. The summed E-state index contributed by atoms with van der Waals surface area (Å²) < 4.78 is 12.1. The highest BCUT2D eigenvalue weighted by Crippen LogP contribution is 2.38. The molecule has 0 spiro atoms. The minimum absolute atomic E-state index is 0.0636. The van der Waals surface area contributed by atoms with Crippen LogP contribution >= 0.6 is 0 Å². The average Bonchev–Trinajstić information content (AvgIpc) is 2.65. The SMILES string of the molecule is CC(=O)c1ccc(C=C(CN)B2OC(C)(C)C(C)(C)O2)c(C)c1. The Hall–Kier alpha value is -1.43. The van der Waals surface area contributed by atoms with Gasteiger partial charge in [-0.1, -0.05) is 18.2 Å². The third-order valence-corrected chi connectivity index (χ3v) is 4.81. The Labute approximate surface area is 139 Å². The standard InChI is InChI=1S/C18H26BNO3/c1-12-9-15(13(2)21)8-7-14(12)10-16(11-20)19-22-17(3,4)18(5,6)23-19/h7-10H,11,20H2,1-6H3. The maximum atomic E-state index is 11.5.